The molecule has 3 heterocycles. The average molecular weight is 765 g/mol. The number of carbonyl (C=O) groups is 1. The van der Waals surface area contributed by atoms with E-state index in [-0.39, 0.29) is 35.5 Å². The number of rotatable bonds is 3. The molecule has 2 aromatic carbocycles. The number of aryl methyl sites for hydroxylation is 1. The number of benzene rings is 2. The average Bonchev–Trinajstić information content (AvgIpc) is 3.08. The van der Waals surface area contributed by atoms with Crippen LogP contribution in [-0.4, -0.2) is 100.0 Å². The first-order valence-electron chi connectivity index (χ1n) is 18.4. The number of ether oxygens (including phenoxy) is 1. The van der Waals surface area contributed by atoms with E-state index in [2.05, 4.69) is 14.5 Å². The summed E-state index contributed by atoms with van der Waals surface area (Å²) in [7, 11) is -5.84. The van der Waals surface area contributed by atoms with Crippen LogP contribution in [0.25, 0.3) is 0 Å². The van der Waals surface area contributed by atoms with Gasteiger partial charge in [0.15, 0.2) is 0 Å². The van der Waals surface area contributed by atoms with Crippen LogP contribution in [0.2, 0.25) is 5.02 Å². The van der Waals surface area contributed by atoms with E-state index < -0.39 is 36.8 Å². The van der Waals surface area contributed by atoms with Gasteiger partial charge in [-0.1, -0.05) is 31.0 Å². The van der Waals surface area contributed by atoms with Crippen LogP contribution in [0.15, 0.2) is 36.4 Å². The minimum Gasteiger partial charge on any atom is -0.487 e. The van der Waals surface area contributed by atoms with Gasteiger partial charge in [-0.15, -0.1) is 0 Å². The maximum atomic E-state index is 13.9. The first-order chi connectivity index (χ1) is 24.1. The van der Waals surface area contributed by atoms with E-state index in [0.29, 0.717) is 81.6 Å². The number of sulfonamides is 2. The van der Waals surface area contributed by atoms with E-state index in [1.807, 2.05) is 32.2 Å². The summed E-state index contributed by atoms with van der Waals surface area (Å²) in [4.78, 5) is 17.8. The van der Waals surface area contributed by atoms with Crippen molar-refractivity contribution in [3.05, 3.63) is 58.1 Å². The number of hydrogen-bond donors (Lipinski definition) is 2. The van der Waals surface area contributed by atoms with E-state index in [1.165, 1.54) is 4.31 Å². The highest BCUT2D eigenvalue weighted by molar-refractivity contribution is 7.90. The Morgan fingerprint density at radius 1 is 0.980 bits per heavy atom. The highest BCUT2D eigenvalue weighted by atomic mass is 35.5. The minimum atomic E-state index is -4.05. The van der Waals surface area contributed by atoms with Gasteiger partial charge >= 0.3 is 0 Å². The third-order valence-corrected chi connectivity index (χ3v) is 16.0. The summed E-state index contributed by atoms with van der Waals surface area (Å²) in [6.07, 6.45) is 5.23. The molecule has 14 heteroatoms. The normalized spacial score (nSPS) is 30.1. The number of aliphatic hydroxyl groups is 1. The minimum absolute atomic E-state index is 0.00813. The Hall–Kier alpha value is -2.42. The number of nitrogens with one attached hydrogen (secondary N) is 1. The topological polar surface area (TPSA) is 137 Å². The van der Waals surface area contributed by atoms with Crippen molar-refractivity contribution in [2.45, 2.75) is 82.7 Å². The molecule has 1 saturated carbocycles. The molecular formula is C37H53ClN4O7S2. The first-order valence-corrected chi connectivity index (χ1v) is 21.9. The SMILES string of the molecule is C[C@@H]1[C@@H](C)CCC[C@](O)(CS(=O)(=O)N2CCN(C)CC2)[C@@H]2CC[C@H]2CN2CCCCc3cc(Cl)ccc3COc3ccc(cc32)C(=O)NS1(=O)=O. The standard InChI is InChI=1S/C37H53ClN4O7S2/c1-26-7-6-15-37(44,25-50(45,46)42-19-17-40(3)18-20-42)33-13-10-30(33)23-41-16-5-4-8-28-21-32(38)12-9-31(28)24-49-35-14-11-29(22-34(35)41)36(43)39-51(47,48)27(26)2/h9,11-12,14,21-22,26-27,30,33,44H,4-8,10,13,15-20,23-25H2,1-3H3,(H,39,43)/t26-,27+,30-,33+,37-/m0/s1. The van der Waals surface area contributed by atoms with E-state index in [9.17, 15) is 26.7 Å². The number of amides is 1. The summed E-state index contributed by atoms with van der Waals surface area (Å²) in [5.41, 5.74) is 1.55. The molecule has 11 nitrogen and oxygen atoms in total. The van der Waals surface area contributed by atoms with Gasteiger partial charge in [0.2, 0.25) is 20.0 Å². The Balaban J connectivity index is 1.37. The molecule has 2 N–H and O–H groups in total. The van der Waals surface area contributed by atoms with Gasteiger partial charge in [0.25, 0.3) is 5.91 Å². The van der Waals surface area contributed by atoms with Gasteiger partial charge in [-0.25, -0.2) is 21.6 Å². The lowest BCUT2D eigenvalue weighted by Gasteiger charge is -2.49. The molecule has 4 aliphatic rings. The Kier molecular flexibility index (Phi) is 11.7. The summed E-state index contributed by atoms with van der Waals surface area (Å²) in [5.74, 6) is -1.08. The Bertz CT molecular complexity index is 1800. The van der Waals surface area contributed by atoms with Crippen LogP contribution < -0.4 is 14.4 Å². The molecule has 1 aliphatic carbocycles. The van der Waals surface area contributed by atoms with Crippen molar-refractivity contribution in [2.75, 3.05) is 57.0 Å². The molecule has 0 unspecified atom stereocenters. The maximum absolute atomic E-state index is 13.9. The van der Waals surface area contributed by atoms with Crippen molar-refractivity contribution >= 4 is 43.2 Å². The van der Waals surface area contributed by atoms with E-state index in [1.54, 1.807) is 25.1 Å². The molecule has 1 saturated heterocycles. The molecule has 1 amide bonds. The second-order valence-corrected chi connectivity index (χ2v) is 19.8. The molecule has 282 valence electrons. The van der Waals surface area contributed by atoms with Crippen molar-refractivity contribution < 1.29 is 31.5 Å². The van der Waals surface area contributed by atoms with E-state index in [4.69, 9.17) is 16.3 Å². The molecule has 0 aromatic heterocycles. The molecule has 3 aliphatic heterocycles. The fourth-order valence-corrected chi connectivity index (χ4v) is 11.6. The number of fused-ring (bicyclic) bond motifs is 3. The van der Waals surface area contributed by atoms with Crippen LogP contribution >= 0.6 is 11.6 Å². The monoisotopic (exact) mass is 764 g/mol. The summed E-state index contributed by atoms with van der Waals surface area (Å²) in [6.45, 7) is 6.93. The molecule has 5 atom stereocenters. The fourth-order valence-electron chi connectivity index (χ4n) is 8.25. The maximum Gasteiger partial charge on any atom is 0.264 e. The van der Waals surface area contributed by atoms with Crippen LogP contribution in [-0.2, 0) is 33.1 Å². The largest absolute Gasteiger partial charge is 0.487 e. The highest BCUT2D eigenvalue weighted by Crippen LogP contribution is 2.47. The summed E-state index contributed by atoms with van der Waals surface area (Å²) in [6, 6.07) is 10.8. The zero-order valence-corrected chi connectivity index (χ0v) is 32.4. The predicted molar refractivity (Wildman–Crippen MR) is 200 cm³/mol. The van der Waals surface area contributed by atoms with Gasteiger partial charge in [0, 0.05) is 49.9 Å². The van der Waals surface area contributed by atoms with Crippen LogP contribution in [0, 0.1) is 17.8 Å². The zero-order valence-electron chi connectivity index (χ0n) is 30.0. The number of halogens is 1. The predicted octanol–water partition coefficient (Wildman–Crippen LogP) is 4.66. The molecule has 0 spiro atoms. The zero-order chi connectivity index (χ0) is 36.6. The second-order valence-electron chi connectivity index (χ2n) is 15.3. The Labute approximate surface area is 308 Å². The van der Waals surface area contributed by atoms with Crippen LogP contribution in [0.4, 0.5) is 5.69 Å². The van der Waals surface area contributed by atoms with Crippen molar-refractivity contribution in [3.63, 3.8) is 0 Å². The van der Waals surface area contributed by atoms with Crippen molar-refractivity contribution in [1.82, 2.24) is 13.9 Å². The Morgan fingerprint density at radius 2 is 1.75 bits per heavy atom. The quantitative estimate of drug-likeness (QED) is 0.458. The molecule has 6 rings (SSSR count). The lowest BCUT2D eigenvalue weighted by Crippen LogP contribution is -2.57. The van der Waals surface area contributed by atoms with Gasteiger partial charge < -0.3 is 19.6 Å². The lowest BCUT2D eigenvalue weighted by molar-refractivity contribution is -0.0724. The molecule has 0 radical (unpaired) electrons. The van der Waals surface area contributed by atoms with Gasteiger partial charge in [-0.3, -0.25) is 4.79 Å². The molecule has 2 aromatic rings. The van der Waals surface area contributed by atoms with Gasteiger partial charge in [-0.05, 0) is 118 Å². The van der Waals surface area contributed by atoms with Crippen LogP contribution in [0.1, 0.15) is 80.3 Å². The number of piperazine rings is 1. The molecule has 2 fully saturated rings. The Morgan fingerprint density at radius 3 is 2.47 bits per heavy atom. The van der Waals surface area contributed by atoms with Crippen molar-refractivity contribution in [1.29, 1.82) is 0 Å². The van der Waals surface area contributed by atoms with Crippen LogP contribution in [0.3, 0.4) is 0 Å². The second kappa shape index (κ2) is 15.5. The fraction of sp³-hybridized carbons (Fsp3) is 0.649. The molecular weight excluding hydrogens is 712 g/mol. The number of likely N-dealkylation sites (N-methyl/N-ethyl adjacent to an activating group) is 1. The summed E-state index contributed by atoms with van der Waals surface area (Å²) in [5, 5.41) is 12.3. The summed E-state index contributed by atoms with van der Waals surface area (Å²) < 4.78 is 65.1. The van der Waals surface area contributed by atoms with Gasteiger partial charge in [0.05, 0.1) is 22.3 Å². The first kappa shape index (κ1) is 38.3. The number of hydrogen-bond acceptors (Lipinski definition) is 9. The lowest BCUT2D eigenvalue weighted by atomic mass is 9.63. The number of anilines is 1. The third kappa shape index (κ3) is 8.70. The number of carbonyl (C=O) groups excluding carboxylic acids is 1. The van der Waals surface area contributed by atoms with Crippen LogP contribution in [0.5, 0.6) is 5.75 Å². The summed E-state index contributed by atoms with van der Waals surface area (Å²) >= 11 is 6.35. The third-order valence-electron chi connectivity index (χ3n) is 11.9. The van der Waals surface area contributed by atoms with E-state index >= 15 is 0 Å². The highest BCUT2D eigenvalue weighted by Gasteiger charge is 2.50. The molecule has 51 heavy (non-hydrogen) atoms. The number of nitrogens with zero attached hydrogens (tertiary/aromatic N) is 3. The van der Waals surface area contributed by atoms with Crippen molar-refractivity contribution in [3.8, 4) is 5.75 Å². The van der Waals surface area contributed by atoms with E-state index in [0.717, 1.165) is 36.8 Å². The van der Waals surface area contributed by atoms with Gasteiger partial charge in [-0.2, -0.15) is 4.31 Å². The van der Waals surface area contributed by atoms with Crippen molar-refractivity contribution in [2.24, 2.45) is 17.8 Å². The molecule has 2 bridgehead atoms. The smallest absolute Gasteiger partial charge is 0.264 e. The van der Waals surface area contributed by atoms with Gasteiger partial charge in [0.1, 0.15) is 12.4 Å².